The average molecular weight is 373 g/mol. The SMILES string of the molecule is COc1ccc(Cl)cc1NCc1cc(Br)c(O)c(OC)c1. The molecule has 0 radical (unpaired) electrons. The number of ether oxygens (including phenoxy) is 2. The zero-order valence-electron chi connectivity index (χ0n) is 11.6. The Kier molecular flexibility index (Phi) is 5.20. The van der Waals surface area contributed by atoms with Gasteiger partial charge in [-0.05, 0) is 51.8 Å². The molecule has 0 aliphatic heterocycles. The van der Waals surface area contributed by atoms with Crippen LogP contribution < -0.4 is 14.8 Å². The number of phenolic OH excluding ortho intramolecular Hbond substituents is 1. The molecule has 0 atom stereocenters. The first-order valence-corrected chi connectivity index (χ1v) is 7.35. The first-order chi connectivity index (χ1) is 10.0. The van der Waals surface area contributed by atoms with Crippen LogP contribution in [0.15, 0.2) is 34.8 Å². The van der Waals surface area contributed by atoms with Gasteiger partial charge in [-0.2, -0.15) is 0 Å². The van der Waals surface area contributed by atoms with E-state index in [1.165, 1.54) is 7.11 Å². The summed E-state index contributed by atoms with van der Waals surface area (Å²) in [6.07, 6.45) is 0. The van der Waals surface area contributed by atoms with Gasteiger partial charge >= 0.3 is 0 Å². The monoisotopic (exact) mass is 371 g/mol. The highest BCUT2D eigenvalue weighted by Crippen LogP contribution is 2.35. The maximum absolute atomic E-state index is 9.80. The van der Waals surface area contributed by atoms with Crippen molar-refractivity contribution in [1.29, 1.82) is 0 Å². The van der Waals surface area contributed by atoms with E-state index >= 15 is 0 Å². The lowest BCUT2D eigenvalue weighted by Gasteiger charge is -2.13. The fourth-order valence-corrected chi connectivity index (χ4v) is 2.56. The molecule has 2 rings (SSSR count). The summed E-state index contributed by atoms with van der Waals surface area (Å²) in [4.78, 5) is 0. The Morgan fingerprint density at radius 3 is 2.52 bits per heavy atom. The molecule has 2 aromatic rings. The molecule has 4 nitrogen and oxygen atoms in total. The average Bonchev–Trinajstić information content (AvgIpc) is 2.48. The van der Waals surface area contributed by atoms with E-state index < -0.39 is 0 Å². The first kappa shape index (κ1) is 15.8. The molecule has 0 fully saturated rings. The number of rotatable bonds is 5. The van der Waals surface area contributed by atoms with E-state index in [9.17, 15) is 5.11 Å². The fourth-order valence-electron chi connectivity index (χ4n) is 1.90. The first-order valence-electron chi connectivity index (χ1n) is 6.18. The Bertz CT molecular complexity index is 649. The van der Waals surface area contributed by atoms with Crippen LogP contribution in [0.4, 0.5) is 5.69 Å². The normalized spacial score (nSPS) is 10.3. The van der Waals surface area contributed by atoms with Gasteiger partial charge in [-0.3, -0.25) is 0 Å². The van der Waals surface area contributed by atoms with Crippen molar-refractivity contribution in [3.63, 3.8) is 0 Å². The Labute approximate surface area is 136 Å². The van der Waals surface area contributed by atoms with Gasteiger partial charge in [0.15, 0.2) is 11.5 Å². The third kappa shape index (κ3) is 3.74. The number of nitrogens with one attached hydrogen (secondary N) is 1. The molecule has 6 heteroatoms. The van der Waals surface area contributed by atoms with Gasteiger partial charge in [0.1, 0.15) is 5.75 Å². The number of benzene rings is 2. The standard InChI is InChI=1S/C15H15BrClNO3/c1-20-13-4-3-10(17)7-12(13)18-8-9-5-11(16)15(19)14(6-9)21-2/h3-7,18-19H,8H2,1-2H3. The summed E-state index contributed by atoms with van der Waals surface area (Å²) in [5, 5.41) is 13.7. The predicted molar refractivity (Wildman–Crippen MR) is 87.7 cm³/mol. The van der Waals surface area contributed by atoms with Crippen molar-refractivity contribution in [2.45, 2.75) is 6.54 Å². The molecule has 0 aromatic heterocycles. The molecule has 0 aliphatic carbocycles. The predicted octanol–water partition coefficient (Wildman–Crippen LogP) is 4.44. The number of anilines is 1. The molecule has 0 bridgehead atoms. The zero-order chi connectivity index (χ0) is 15.4. The van der Waals surface area contributed by atoms with Crippen molar-refractivity contribution in [3.8, 4) is 17.2 Å². The highest BCUT2D eigenvalue weighted by molar-refractivity contribution is 9.10. The second-order valence-electron chi connectivity index (χ2n) is 4.33. The van der Waals surface area contributed by atoms with Crippen LogP contribution >= 0.6 is 27.5 Å². The summed E-state index contributed by atoms with van der Waals surface area (Å²) in [6.45, 7) is 0.534. The Morgan fingerprint density at radius 2 is 1.86 bits per heavy atom. The maximum atomic E-state index is 9.80. The molecule has 21 heavy (non-hydrogen) atoms. The van der Waals surface area contributed by atoms with Crippen molar-refractivity contribution in [1.82, 2.24) is 0 Å². The van der Waals surface area contributed by atoms with Crippen LogP contribution in [-0.4, -0.2) is 19.3 Å². The number of hydrogen-bond acceptors (Lipinski definition) is 4. The van der Waals surface area contributed by atoms with Gasteiger partial charge in [-0.25, -0.2) is 0 Å². The van der Waals surface area contributed by atoms with Crippen molar-refractivity contribution < 1.29 is 14.6 Å². The second kappa shape index (κ2) is 6.91. The third-order valence-electron chi connectivity index (χ3n) is 2.95. The highest BCUT2D eigenvalue weighted by atomic mass is 79.9. The van der Waals surface area contributed by atoms with E-state index in [0.717, 1.165) is 11.3 Å². The Morgan fingerprint density at radius 1 is 1.14 bits per heavy atom. The minimum Gasteiger partial charge on any atom is -0.503 e. The van der Waals surface area contributed by atoms with Crippen LogP contribution in [0.5, 0.6) is 17.2 Å². The molecule has 2 aromatic carbocycles. The van der Waals surface area contributed by atoms with Gasteiger partial charge in [0.25, 0.3) is 0 Å². The maximum Gasteiger partial charge on any atom is 0.172 e. The van der Waals surface area contributed by atoms with Crippen LogP contribution in [0, 0.1) is 0 Å². The summed E-state index contributed by atoms with van der Waals surface area (Å²) in [6, 6.07) is 8.96. The van der Waals surface area contributed by atoms with Crippen molar-refractivity contribution >= 4 is 33.2 Å². The van der Waals surface area contributed by atoms with E-state index in [4.69, 9.17) is 21.1 Å². The molecule has 0 saturated carbocycles. The molecular formula is C15H15BrClNO3. The summed E-state index contributed by atoms with van der Waals surface area (Å²) in [5.41, 5.74) is 1.74. The Balaban J connectivity index is 2.20. The van der Waals surface area contributed by atoms with E-state index in [1.54, 1.807) is 31.4 Å². The lowest BCUT2D eigenvalue weighted by molar-refractivity contribution is 0.371. The highest BCUT2D eigenvalue weighted by Gasteiger charge is 2.09. The van der Waals surface area contributed by atoms with Gasteiger partial charge in [0, 0.05) is 11.6 Å². The minimum atomic E-state index is 0.0848. The molecule has 0 aliphatic rings. The molecular weight excluding hydrogens is 358 g/mol. The molecule has 0 heterocycles. The van der Waals surface area contributed by atoms with Gasteiger partial charge in [0.05, 0.1) is 24.4 Å². The van der Waals surface area contributed by atoms with Gasteiger partial charge < -0.3 is 19.9 Å². The quantitative estimate of drug-likeness (QED) is 0.815. The number of aromatic hydroxyl groups is 1. The molecule has 0 spiro atoms. The molecule has 112 valence electrons. The zero-order valence-corrected chi connectivity index (χ0v) is 14.0. The Hall–Kier alpha value is -1.59. The summed E-state index contributed by atoms with van der Waals surface area (Å²) < 4.78 is 11.0. The van der Waals surface area contributed by atoms with Crippen molar-refractivity contribution in [2.75, 3.05) is 19.5 Å². The molecule has 0 saturated heterocycles. The smallest absolute Gasteiger partial charge is 0.172 e. The summed E-state index contributed by atoms with van der Waals surface area (Å²) >= 11 is 9.29. The van der Waals surface area contributed by atoms with E-state index in [0.29, 0.717) is 27.5 Å². The van der Waals surface area contributed by atoms with Gasteiger partial charge in [0.2, 0.25) is 0 Å². The second-order valence-corrected chi connectivity index (χ2v) is 5.62. The van der Waals surface area contributed by atoms with Crippen molar-refractivity contribution in [3.05, 3.63) is 45.4 Å². The van der Waals surface area contributed by atoms with Crippen LogP contribution in [0.2, 0.25) is 5.02 Å². The molecule has 2 N–H and O–H groups in total. The fraction of sp³-hybridized carbons (Fsp3) is 0.200. The summed E-state index contributed by atoms with van der Waals surface area (Å²) in [7, 11) is 3.12. The van der Waals surface area contributed by atoms with Gasteiger partial charge in [-0.15, -0.1) is 0 Å². The number of halogens is 2. The van der Waals surface area contributed by atoms with Gasteiger partial charge in [-0.1, -0.05) is 11.6 Å². The topological polar surface area (TPSA) is 50.7 Å². The number of hydrogen-bond donors (Lipinski definition) is 2. The molecule has 0 amide bonds. The molecule has 0 unspecified atom stereocenters. The lowest BCUT2D eigenvalue weighted by atomic mass is 10.2. The van der Waals surface area contributed by atoms with Crippen LogP contribution in [0.1, 0.15) is 5.56 Å². The minimum absolute atomic E-state index is 0.0848. The van der Waals surface area contributed by atoms with E-state index in [-0.39, 0.29) is 5.75 Å². The third-order valence-corrected chi connectivity index (χ3v) is 3.79. The van der Waals surface area contributed by atoms with Crippen LogP contribution in [-0.2, 0) is 6.54 Å². The lowest BCUT2D eigenvalue weighted by Crippen LogP contribution is -2.02. The number of methoxy groups -OCH3 is 2. The van der Waals surface area contributed by atoms with E-state index in [2.05, 4.69) is 21.2 Å². The van der Waals surface area contributed by atoms with Crippen molar-refractivity contribution in [2.24, 2.45) is 0 Å². The van der Waals surface area contributed by atoms with E-state index in [1.807, 2.05) is 6.07 Å². The largest absolute Gasteiger partial charge is 0.503 e. The summed E-state index contributed by atoms with van der Waals surface area (Å²) in [5.74, 6) is 1.21. The van der Waals surface area contributed by atoms with Crippen LogP contribution in [0.3, 0.4) is 0 Å². The number of phenols is 1. The van der Waals surface area contributed by atoms with Crippen LogP contribution in [0.25, 0.3) is 0 Å².